The van der Waals surface area contributed by atoms with Gasteiger partial charge in [0.2, 0.25) is 11.7 Å². The molecule has 0 spiro atoms. The van der Waals surface area contributed by atoms with Gasteiger partial charge in [-0.25, -0.2) is 0 Å². The molecule has 0 fully saturated rings. The zero-order valence-electron chi connectivity index (χ0n) is 15.7. The number of benzene rings is 2. The van der Waals surface area contributed by atoms with E-state index in [9.17, 15) is 4.79 Å². The second-order valence-corrected chi connectivity index (χ2v) is 7.54. The molecule has 30 heavy (non-hydrogen) atoms. The minimum Gasteiger partial charge on any atom is -0.471 e. The largest absolute Gasteiger partial charge is 0.471 e. The number of hydrogen-bond donors (Lipinski definition) is 0. The minimum absolute atomic E-state index is 0.267. The van der Waals surface area contributed by atoms with Gasteiger partial charge in [-0.3, -0.25) is 4.79 Å². The summed E-state index contributed by atoms with van der Waals surface area (Å²) in [5.41, 5.74) is 2.63. The van der Waals surface area contributed by atoms with E-state index in [2.05, 4.69) is 36.4 Å². The maximum atomic E-state index is 11.0. The lowest BCUT2D eigenvalue weighted by molar-refractivity contribution is 0.112. The van der Waals surface area contributed by atoms with Crippen LogP contribution in [0.1, 0.15) is 21.7 Å². The van der Waals surface area contributed by atoms with Crippen LogP contribution in [0, 0.1) is 6.92 Å². The summed E-state index contributed by atoms with van der Waals surface area (Å²) >= 11 is 3.49. The van der Waals surface area contributed by atoms with E-state index in [4.69, 9.17) is 9.26 Å². The normalized spacial score (nSPS) is 11.3. The summed E-state index contributed by atoms with van der Waals surface area (Å²) in [6.07, 6.45) is 0.803. The molecule has 9 heteroatoms. The highest BCUT2D eigenvalue weighted by atomic mass is 79.9. The molecule has 148 valence electrons. The number of hydrogen-bond acceptors (Lipinski definition) is 7. The number of rotatable bonds is 5. The van der Waals surface area contributed by atoms with Crippen molar-refractivity contribution in [1.29, 1.82) is 0 Å². The zero-order valence-corrected chi connectivity index (χ0v) is 17.3. The fourth-order valence-corrected chi connectivity index (χ4v) is 3.70. The fraction of sp³-hybridized carbons (Fsp3) is 0.0952. The molecule has 0 amide bonds. The van der Waals surface area contributed by atoms with E-state index in [1.807, 2.05) is 37.3 Å². The van der Waals surface area contributed by atoms with E-state index in [1.165, 1.54) is 0 Å². The summed E-state index contributed by atoms with van der Waals surface area (Å²) in [6, 6.07) is 14.8. The van der Waals surface area contributed by atoms with Crippen molar-refractivity contribution in [3.05, 3.63) is 69.9 Å². The van der Waals surface area contributed by atoms with Crippen LogP contribution in [-0.2, 0) is 6.61 Å². The van der Waals surface area contributed by atoms with Crippen molar-refractivity contribution >= 4 is 38.6 Å². The highest BCUT2D eigenvalue weighted by molar-refractivity contribution is 9.10. The molecular weight excluding hydrogens is 450 g/mol. The van der Waals surface area contributed by atoms with Gasteiger partial charge < -0.3 is 9.26 Å². The molecule has 0 saturated carbocycles. The number of fused-ring (bicyclic) bond motifs is 3. The Morgan fingerprint density at radius 1 is 1.13 bits per heavy atom. The monoisotopic (exact) mass is 463 g/mol. The van der Waals surface area contributed by atoms with Gasteiger partial charge in [-0.15, -0.1) is 15.3 Å². The zero-order chi connectivity index (χ0) is 20.7. The average molecular weight is 464 g/mol. The second kappa shape index (κ2) is 7.34. The topological polar surface area (TPSA) is 95.4 Å². The molecule has 0 bridgehead atoms. The van der Waals surface area contributed by atoms with Gasteiger partial charge in [0.1, 0.15) is 18.7 Å². The summed E-state index contributed by atoms with van der Waals surface area (Å²) in [4.78, 5) is 11.0. The van der Waals surface area contributed by atoms with E-state index >= 15 is 0 Å². The molecule has 3 heterocycles. The molecule has 0 aliphatic carbocycles. The molecule has 0 unspecified atom stereocenters. The first-order valence-corrected chi connectivity index (χ1v) is 9.87. The van der Waals surface area contributed by atoms with Gasteiger partial charge in [-0.1, -0.05) is 51.4 Å². The van der Waals surface area contributed by atoms with Crippen molar-refractivity contribution < 1.29 is 14.1 Å². The van der Waals surface area contributed by atoms with Gasteiger partial charge in [0.05, 0.1) is 0 Å². The van der Waals surface area contributed by atoms with E-state index in [1.54, 1.807) is 22.7 Å². The third-order valence-corrected chi connectivity index (χ3v) is 5.40. The number of aromatic nitrogens is 5. The van der Waals surface area contributed by atoms with Crippen LogP contribution in [-0.4, -0.2) is 31.3 Å². The van der Waals surface area contributed by atoms with Crippen LogP contribution in [0.4, 0.5) is 0 Å². The summed E-state index contributed by atoms with van der Waals surface area (Å²) in [5, 5.41) is 18.9. The van der Waals surface area contributed by atoms with Crippen LogP contribution in [0.5, 0.6) is 5.88 Å². The number of ether oxygens (including phenoxy) is 1. The van der Waals surface area contributed by atoms with Crippen LogP contribution < -0.4 is 4.74 Å². The number of carbonyl (C=O) groups is 1. The van der Waals surface area contributed by atoms with Crippen LogP contribution >= 0.6 is 15.9 Å². The van der Waals surface area contributed by atoms with Gasteiger partial charge in [-0.2, -0.15) is 4.52 Å². The highest BCUT2D eigenvalue weighted by Gasteiger charge is 2.18. The van der Waals surface area contributed by atoms with E-state index in [0.29, 0.717) is 34.4 Å². The number of aryl methyl sites for hydroxylation is 1. The lowest BCUT2D eigenvalue weighted by atomic mass is 10.1. The maximum absolute atomic E-state index is 11.0. The van der Waals surface area contributed by atoms with Crippen molar-refractivity contribution in [1.82, 2.24) is 25.0 Å². The number of nitrogens with zero attached hydrogens (tertiary/aromatic N) is 5. The third kappa shape index (κ3) is 3.13. The van der Waals surface area contributed by atoms with Crippen LogP contribution in [0.3, 0.4) is 0 Å². The lowest BCUT2D eigenvalue weighted by Gasteiger charge is -2.11. The van der Waals surface area contributed by atoms with Crippen molar-refractivity contribution in [3.63, 3.8) is 0 Å². The molecule has 8 nitrogen and oxygen atoms in total. The molecule has 5 aromatic rings. The van der Waals surface area contributed by atoms with Gasteiger partial charge in [0.25, 0.3) is 0 Å². The van der Waals surface area contributed by atoms with Crippen LogP contribution in [0.25, 0.3) is 27.9 Å². The Kier molecular flexibility index (Phi) is 4.51. The van der Waals surface area contributed by atoms with Crippen molar-refractivity contribution in [3.8, 4) is 17.4 Å². The average Bonchev–Trinajstić information content (AvgIpc) is 3.38. The van der Waals surface area contributed by atoms with Gasteiger partial charge in [0.15, 0.2) is 11.3 Å². The van der Waals surface area contributed by atoms with Gasteiger partial charge >= 0.3 is 0 Å². The molecule has 0 aliphatic heterocycles. The first kappa shape index (κ1) is 18.4. The Bertz CT molecular complexity index is 1410. The Labute approximate surface area is 178 Å². The summed E-state index contributed by atoms with van der Waals surface area (Å²) in [6.45, 7) is 2.08. The Morgan fingerprint density at radius 3 is 2.70 bits per heavy atom. The minimum atomic E-state index is 0.267. The SMILES string of the molecule is Cc1cc(-c2nnc3c4ccccc4c(OCc4ccc(C=O)cc4Br)nn23)no1. The van der Waals surface area contributed by atoms with Crippen molar-refractivity contribution in [2.75, 3.05) is 0 Å². The van der Waals surface area contributed by atoms with Gasteiger partial charge in [0, 0.05) is 32.4 Å². The first-order valence-electron chi connectivity index (χ1n) is 9.08. The van der Waals surface area contributed by atoms with Crippen LogP contribution in [0.15, 0.2) is 57.5 Å². The third-order valence-electron chi connectivity index (χ3n) is 4.66. The number of carbonyl (C=O) groups excluding carboxylic acids is 1. The Balaban J connectivity index is 1.60. The molecule has 2 aromatic carbocycles. The molecule has 0 saturated heterocycles. The fourth-order valence-electron chi connectivity index (χ4n) is 3.19. The highest BCUT2D eigenvalue weighted by Crippen LogP contribution is 2.29. The first-order chi connectivity index (χ1) is 14.6. The number of aldehydes is 1. The Morgan fingerprint density at radius 2 is 1.97 bits per heavy atom. The van der Waals surface area contributed by atoms with E-state index in [0.717, 1.165) is 27.1 Å². The quantitative estimate of drug-likeness (QED) is 0.356. The molecule has 0 N–H and O–H groups in total. The van der Waals surface area contributed by atoms with Gasteiger partial charge in [-0.05, 0) is 19.1 Å². The lowest BCUT2D eigenvalue weighted by Crippen LogP contribution is -2.04. The Hall–Kier alpha value is -3.59. The predicted octanol–water partition coefficient (Wildman–Crippen LogP) is 4.39. The van der Waals surface area contributed by atoms with E-state index in [-0.39, 0.29) is 6.61 Å². The van der Waals surface area contributed by atoms with Crippen molar-refractivity contribution in [2.45, 2.75) is 13.5 Å². The maximum Gasteiger partial charge on any atom is 0.240 e. The van der Waals surface area contributed by atoms with E-state index < -0.39 is 0 Å². The summed E-state index contributed by atoms with van der Waals surface area (Å²) < 4.78 is 13.7. The number of halogens is 1. The predicted molar refractivity (Wildman–Crippen MR) is 112 cm³/mol. The summed E-state index contributed by atoms with van der Waals surface area (Å²) in [7, 11) is 0. The molecule has 0 atom stereocenters. The standard InChI is InChI=1S/C21H14BrN5O3/c1-12-8-18(26-30-12)20-24-23-19-15-4-2-3-5-16(15)21(25-27(19)20)29-11-14-7-6-13(10-28)9-17(14)22/h2-10H,11H2,1H3. The molecule has 0 radical (unpaired) electrons. The second-order valence-electron chi connectivity index (χ2n) is 6.69. The summed E-state index contributed by atoms with van der Waals surface area (Å²) in [5.74, 6) is 1.57. The van der Waals surface area contributed by atoms with Crippen LogP contribution in [0.2, 0.25) is 0 Å². The molecular formula is C21H14BrN5O3. The smallest absolute Gasteiger partial charge is 0.240 e. The molecule has 3 aromatic heterocycles. The molecule has 0 aliphatic rings. The van der Waals surface area contributed by atoms with Crippen molar-refractivity contribution in [2.24, 2.45) is 0 Å². The molecule has 5 rings (SSSR count).